The summed E-state index contributed by atoms with van der Waals surface area (Å²) in [6.45, 7) is 0. The van der Waals surface area contributed by atoms with Crippen LogP contribution in [0.5, 0.6) is 0 Å². The summed E-state index contributed by atoms with van der Waals surface area (Å²) in [6.07, 6.45) is 1.46. The third kappa shape index (κ3) is 2.51. The zero-order valence-electron chi connectivity index (χ0n) is 5.44. The molecule has 62 valence electrons. The van der Waals surface area contributed by atoms with Crippen LogP contribution in [0.1, 0.15) is 0 Å². The highest BCUT2D eigenvalue weighted by molar-refractivity contribution is 6.35. The van der Waals surface area contributed by atoms with Crippen molar-refractivity contribution in [1.82, 2.24) is 4.98 Å². The molecular weight excluding hydrogens is 189 g/mol. The van der Waals surface area contributed by atoms with E-state index < -0.39 is 0 Å². The molecule has 0 radical (unpaired) electrons. The molecule has 0 saturated heterocycles. The van der Waals surface area contributed by atoms with E-state index >= 15 is 0 Å². The summed E-state index contributed by atoms with van der Waals surface area (Å²) in [5.41, 5.74) is 2.32. The highest BCUT2D eigenvalue weighted by Crippen LogP contribution is 2.20. The van der Waals surface area contributed by atoms with Crippen LogP contribution in [0, 0.1) is 0 Å². The number of nitrogen functional groups attached to an aromatic ring is 1. The van der Waals surface area contributed by atoms with E-state index in [0.29, 0.717) is 15.9 Å². The van der Waals surface area contributed by atoms with Gasteiger partial charge in [0.15, 0.2) is 5.82 Å². The second-order valence-electron chi connectivity index (χ2n) is 1.63. The van der Waals surface area contributed by atoms with Crippen molar-refractivity contribution in [2.24, 2.45) is 5.84 Å². The number of nitrogens with zero attached hydrogens (tertiary/aromatic N) is 1. The van der Waals surface area contributed by atoms with Gasteiger partial charge >= 0.3 is 0 Å². The Morgan fingerprint density at radius 2 is 2.09 bits per heavy atom. The molecule has 0 fully saturated rings. The Balaban J connectivity index is 0.000001000. The molecule has 0 aromatic carbocycles. The van der Waals surface area contributed by atoms with E-state index in [1.54, 1.807) is 6.07 Å². The number of nitrogens with two attached hydrogens (primary N) is 1. The van der Waals surface area contributed by atoms with E-state index in [4.69, 9.17) is 29.0 Å². The lowest BCUT2D eigenvalue weighted by molar-refractivity contribution is 0.824. The largest absolute Gasteiger partial charge is 0.412 e. The predicted octanol–water partition coefficient (Wildman–Crippen LogP) is 0.849. The minimum absolute atomic E-state index is 0. The molecule has 1 aromatic rings. The second-order valence-corrected chi connectivity index (χ2v) is 2.47. The maximum absolute atomic E-state index is 5.64. The van der Waals surface area contributed by atoms with Gasteiger partial charge in [0, 0.05) is 6.20 Å². The first kappa shape index (κ1) is 10.4. The summed E-state index contributed by atoms with van der Waals surface area (Å²) in [5.74, 6) is 5.48. The molecule has 1 rings (SSSR count). The van der Waals surface area contributed by atoms with E-state index in [1.807, 2.05) is 0 Å². The van der Waals surface area contributed by atoms with E-state index in [9.17, 15) is 0 Å². The van der Waals surface area contributed by atoms with Crippen molar-refractivity contribution in [3.63, 3.8) is 0 Å². The van der Waals surface area contributed by atoms with Gasteiger partial charge in [0.1, 0.15) is 0 Å². The van der Waals surface area contributed by atoms with Gasteiger partial charge < -0.3 is 10.9 Å². The first-order valence-electron chi connectivity index (χ1n) is 2.51. The number of aromatic nitrogens is 1. The van der Waals surface area contributed by atoms with Crippen LogP contribution in [0.2, 0.25) is 10.0 Å². The van der Waals surface area contributed by atoms with E-state index in [1.165, 1.54) is 6.20 Å². The topological polar surface area (TPSA) is 82.4 Å². The number of halogens is 2. The number of nitrogens with one attached hydrogen (secondary N) is 1. The van der Waals surface area contributed by atoms with Gasteiger partial charge in [-0.3, -0.25) is 0 Å². The molecule has 0 saturated carbocycles. The van der Waals surface area contributed by atoms with Crippen LogP contribution in [0.15, 0.2) is 12.3 Å². The van der Waals surface area contributed by atoms with Crippen LogP contribution in [0.3, 0.4) is 0 Å². The van der Waals surface area contributed by atoms with Crippen LogP contribution in [0.4, 0.5) is 5.82 Å². The van der Waals surface area contributed by atoms with E-state index in [-0.39, 0.29) is 5.48 Å². The summed E-state index contributed by atoms with van der Waals surface area (Å²) in [6, 6.07) is 1.56. The molecule has 6 heteroatoms. The number of hydrogen-bond acceptors (Lipinski definition) is 3. The second kappa shape index (κ2) is 4.35. The monoisotopic (exact) mass is 195 g/mol. The van der Waals surface area contributed by atoms with E-state index in [2.05, 4.69) is 10.4 Å². The van der Waals surface area contributed by atoms with Gasteiger partial charge in [-0.2, -0.15) is 0 Å². The Morgan fingerprint density at radius 3 is 2.55 bits per heavy atom. The molecule has 0 aliphatic heterocycles. The van der Waals surface area contributed by atoms with Crippen LogP contribution < -0.4 is 11.3 Å². The number of rotatable bonds is 1. The van der Waals surface area contributed by atoms with Crippen LogP contribution in [-0.4, -0.2) is 10.5 Å². The quantitative estimate of drug-likeness (QED) is 0.515. The summed E-state index contributed by atoms with van der Waals surface area (Å²) < 4.78 is 0. The third-order valence-electron chi connectivity index (χ3n) is 0.945. The fourth-order valence-corrected chi connectivity index (χ4v) is 0.955. The SMILES string of the molecule is NNc1ncc(Cl)cc1Cl.O. The van der Waals surface area contributed by atoms with Crippen LogP contribution in [0.25, 0.3) is 0 Å². The van der Waals surface area contributed by atoms with Gasteiger partial charge in [-0.1, -0.05) is 23.2 Å². The van der Waals surface area contributed by atoms with Crippen molar-refractivity contribution in [2.75, 3.05) is 5.43 Å². The van der Waals surface area contributed by atoms with Gasteiger partial charge in [0.25, 0.3) is 0 Å². The fourth-order valence-electron chi connectivity index (χ4n) is 0.521. The normalized spacial score (nSPS) is 8.64. The summed E-state index contributed by atoms with van der Waals surface area (Å²) >= 11 is 11.2. The average Bonchev–Trinajstić information content (AvgIpc) is 1.88. The molecule has 0 atom stereocenters. The Bertz CT molecular complexity index is 243. The van der Waals surface area contributed by atoms with Crippen molar-refractivity contribution in [2.45, 2.75) is 0 Å². The molecule has 1 aromatic heterocycles. The summed E-state index contributed by atoms with van der Waals surface area (Å²) in [5, 5.41) is 0.902. The summed E-state index contributed by atoms with van der Waals surface area (Å²) in [7, 11) is 0. The Kier molecular flexibility index (Phi) is 4.14. The lowest BCUT2D eigenvalue weighted by Gasteiger charge is -1.99. The first-order valence-corrected chi connectivity index (χ1v) is 3.27. The predicted molar refractivity (Wildman–Crippen MR) is 45.7 cm³/mol. The van der Waals surface area contributed by atoms with Gasteiger partial charge in [-0.15, -0.1) is 0 Å². The van der Waals surface area contributed by atoms with Gasteiger partial charge in [0.05, 0.1) is 10.0 Å². The molecule has 0 aliphatic carbocycles. The Labute approximate surface area is 73.6 Å². The standard InChI is InChI=1S/C5H5Cl2N3.H2O/c6-3-1-4(7)5(10-8)9-2-3;/h1-2H,8H2,(H,9,10);1H2. The molecule has 1 heterocycles. The highest BCUT2D eigenvalue weighted by Gasteiger charge is 1.98. The van der Waals surface area contributed by atoms with Gasteiger partial charge in [-0.05, 0) is 6.07 Å². The molecule has 0 bridgehead atoms. The minimum Gasteiger partial charge on any atom is -0.412 e. The summed E-state index contributed by atoms with van der Waals surface area (Å²) in [4.78, 5) is 3.80. The van der Waals surface area contributed by atoms with Crippen molar-refractivity contribution >= 4 is 29.0 Å². The van der Waals surface area contributed by atoms with Crippen molar-refractivity contribution in [3.05, 3.63) is 22.3 Å². The van der Waals surface area contributed by atoms with Crippen molar-refractivity contribution in [1.29, 1.82) is 0 Å². The molecule has 11 heavy (non-hydrogen) atoms. The Morgan fingerprint density at radius 1 is 1.45 bits per heavy atom. The highest BCUT2D eigenvalue weighted by atomic mass is 35.5. The molecule has 0 amide bonds. The number of hydrazine groups is 1. The molecule has 0 unspecified atom stereocenters. The maximum atomic E-state index is 5.64. The zero-order chi connectivity index (χ0) is 7.56. The Hall–Kier alpha value is -0.550. The van der Waals surface area contributed by atoms with Crippen LogP contribution >= 0.6 is 23.2 Å². The lowest BCUT2D eigenvalue weighted by atomic mass is 10.5. The fraction of sp³-hybridized carbons (Fsp3) is 0. The smallest absolute Gasteiger partial charge is 0.158 e. The third-order valence-corrected chi connectivity index (χ3v) is 1.44. The molecule has 0 aliphatic rings. The molecule has 4 nitrogen and oxygen atoms in total. The first-order chi connectivity index (χ1) is 4.74. The maximum Gasteiger partial charge on any atom is 0.158 e. The molecule has 0 spiro atoms. The number of anilines is 1. The number of hydrogen-bond donors (Lipinski definition) is 2. The van der Waals surface area contributed by atoms with E-state index in [0.717, 1.165) is 0 Å². The van der Waals surface area contributed by atoms with Crippen molar-refractivity contribution in [3.8, 4) is 0 Å². The molecule has 5 N–H and O–H groups in total. The van der Waals surface area contributed by atoms with Gasteiger partial charge in [-0.25, -0.2) is 10.8 Å². The van der Waals surface area contributed by atoms with Crippen LogP contribution in [-0.2, 0) is 0 Å². The van der Waals surface area contributed by atoms with Gasteiger partial charge in [0.2, 0.25) is 0 Å². The number of pyridine rings is 1. The van der Waals surface area contributed by atoms with Crippen molar-refractivity contribution < 1.29 is 5.48 Å². The zero-order valence-corrected chi connectivity index (χ0v) is 6.95. The molecular formula is C5H7Cl2N3O. The average molecular weight is 196 g/mol. The minimum atomic E-state index is 0. The lowest BCUT2D eigenvalue weighted by Crippen LogP contribution is -2.08.